The number of aliphatic hydroxyl groups is 1. The number of nitrogens with one attached hydrogen (secondary N) is 1. The van der Waals surface area contributed by atoms with Crippen LogP contribution >= 0.6 is 0 Å². The molecule has 0 aliphatic heterocycles. The summed E-state index contributed by atoms with van der Waals surface area (Å²) in [5, 5.41) is 16.4. The molecule has 1 aromatic heterocycles. The molecule has 0 fully saturated rings. The van der Waals surface area contributed by atoms with Crippen LogP contribution in [0.3, 0.4) is 0 Å². The van der Waals surface area contributed by atoms with Crippen molar-refractivity contribution in [1.29, 1.82) is 0 Å². The summed E-state index contributed by atoms with van der Waals surface area (Å²) >= 11 is 0. The van der Waals surface area contributed by atoms with Gasteiger partial charge in [0.1, 0.15) is 18.1 Å². The number of rotatable bonds is 5. The molecule has 0 aliphatic rings. The topological polar surface area (TPSA) is 58.1 Å². The van der Waals surface area contributed by atoms with E-state index in [0.29, 0.717) is 12.5 Å². The summed E-state index contributed by atoms with van der Waals surface area (Å²) < 4.78 is 5.93. The second-order valence-electron chi connectivity index (χ2n) is 5.42. The van der Waals surface area contributed by atoms with E-state index in [1.165, 1.54) is 11.1 Å². The van der Waals surface area contributed by atoms with Crippen molar-refractivity contribution < 1.29 is 9.84 Å². The van der Waals surface area contributed by atoms with Crippen molar-refractivity contribution in [2.75, 3.05) is 0 Å². The highest BCUT2D eigenvalue weighted by Gasteiger charge is 2.12. The molecule has 20 heavy (non-hydrogen) atoms. The van der Waals surface area contributed by atoms with Gasteiger partial charge in [-0.15, -0.1) is 0 Å². The van der Waals surface area contributed by atoms with Gasteiger partial charge in [0.15, 0.2) is 0 Å². The van der Waals surface area contributed by atoms with Crippen LogP contribution in [0.2, 0.25) is 0 Å². The molecule has 0 saturated heterocycles. The summed E-state index contributed by atoms with van der Waals surface area (Å²) in [6, 6.07) is 6.26. The van der Waals surface area contributed by atoms with E-state index < -0.39 is 0 Å². The molecule has 0 bridgehead atoms. The van der Waals surface area contributed by atoms with Gasteiger partial charge in [0.2, 0.25) is 0 Å². The zero-order valence-electron chi connectivity index (χ0n) is 12.5. The molecule has 2 N–H and O–H groups in total. The molecule has 0 radical (unpaired) electrons. The SMILES string of the molecule is Cc1ccc(C(C)C)c(OCc2n[nH]c(C)c2CO)c1. The lowest BCUT2D eigenvalue weighted by Gasteiger charge is -2.14. The van der Waals surface area contributed by atoms with Crippen molar-refractivity contribution in [3.63, 3.8) is 0 Å². The van der Waals surface area contributed by atoms with Crippen LogP contribution < -0.4 is 4.74 Å². The van der Waals surface area contributed by atoms with Crippen LogP contribution in [0.25, 0.3) is 0 Å². The van der Waals surface area contributed by atoms with Crippen molar-refractivity contribution in [3.8, 4) is 5.75 Å². The Hall–Kier alpha value is -1.81. The van der Waals surface area contributed by atoms with E-state index in [1.54, 1.807) is 0 Å². The van der Waals surface area contributed by atoms with Gasteiger partial charge < -0.3 is 9.84 Å². The quantitative estimate of drug-likeness (QED) is 0.880. The van der Waals surface area contributed by atoms with Crippen LogP contribution in [0.5, 0.6) is 5.75 Å². The smallest absolute Gasteiger partial charge is 0.132 e. The van der Waals surface area contributed by atoms with Gasteiger partial charge in [-0.25, -0.2) is 0 Å². The molecule has 1 aromatic carbocycles. The second kappa shape index (κ2) is 6.09. The number of aliphatic hydroxyl groups excluding tert-OH is 1. The number of benzene rings is 1. The Bertz CT molecular complexity index is 588. The Morgan fingerprint density at radius 1 is 1.30 bits per heavy atom. The minimum atomic E-state index is -0.0219. The molecule has 4 nitrogen and oxygen atoms in total. The normalized spacial score (nSPS) is 11.1. The Balaban J connectivity index is 2.20. The molecule has 108 valence electrons. The highest BCUT2D eigenvalue weighted by atomic mass is 16.5. The molecule has 2 aromatic rings. The minimum Gasteiger partial charge on any atom is -0.487 e. The van der Waals surface area contributed by atoms with Gasteiger partial charge >= 0.3 is 0 Å². The number of hydrogen-bond acceptors (Lipinski definition) is 3. The third kappa shape index (κ3) is 3.02. The van der Waals surface area contributed by atoms with Gasteiger partial charge in [0.05, 0.1) is 6.61 Å². The summed E-state index contributed by atoms with van der Waals surface area (Å²) in [6.07, 6.45) is 0. The number of nitrogens with zero attached hydrogens (tertiary/aromatic N) is 1. The van der Waals surface area contributed by atoms with E-state index in [-0.39, 0.29) is 6.61 Å². The van der Waals surface area contributed by atoms with Gasteiger partial charge in [-0.2, -0.15) is 5.10 Å². The summed E-state index contributed by atoms with van der Waals surface area (Å²) in [4.78, 5) is 0. The van der Waals surface area contributed by atoms with E-state index in [2.05, 4.69) is 43.1 Å². The predicted molar refractivity (Wildman–Crippen MR) is 78.8 cm³/mol. The maximum atomic E-state index is 9.36. The highest BCUT2D eigenvalue weighted by Crippen LogP contribution is 2.28. The average molecular weight is 274 g/mol. The van der Waals surface area contributed by atoms with Gasteiger partial charge in [0.25, 0.3) is 0 Å². The lowest BCUT2D eigenvalue weighted by atomic mass is 10.0. The number of aryl methyl sites for hydroxylation is 2. The summed E-state index contributed by atoms with van der Waals surface area (Å²) in [5.74, 6) is 1.30. The monoisotopic (exact) mass is 274 g/mol. The lowest BCUT2D eigenvalue weighted by Crippen LogP contribution is -2.03. The zero-order valence-corrected chi connectivity index (χ0v) is 12.5. The van der Waals surface area contributed by atoms with Crippen LogP contribution in [0.15, 0.2) is 18.2 Å². The standard InChI is InChI=1S/C16H22N2O2/c1-10(2)13-6-5-11(3)7-16(13)20-9-15-14(8-19)12(4)17-18-15/h5-7,10,19H,8-9H2,1-4H3,(H,17,18). The average Bonchev–Trinajstić information content (AvgIpc) is 2.76. The van der Waals surface area contributed by atoms with Crippen molar-refractivity contribution in [1.82, 2.24) is 10.2 Å². The number of hydrogen-bond donors (Lipinski definition) is 2. The molecule has 0 unspecified atom stereocenters. The summed E-state index contributed by atoms with van der Waals surface area (Å²) in [6.45, 7) is 8.59. The predicted octanol–water partition coefficient (Wildman–Crippen LogP) is 3.22. The van der Waals surface area contributed by atoms with E-state index in [9.17, 15) is 5.11 Å². The Morgan fingerprint density at radius 3 is 2.70 bits per heavy atom. The van der Waals surface area contributed by atoms with Crippen LogP contribution in [0.1, 0.15) is 47.8 Å². The minimum absolute atomic E-state index is 0.0219. The number of aromatic amines is 1. The lowest BCUT2D eigenvalue weighted by molar-refractivity contribution is 0.266. The number of H-pyrrole nitrogens is 1. The first-order chi connectivity index (χ1) is 9.52. The maximum Gasteiger partial charge on any atom is 0.132 e. The highest BCUT2D eigenvalue weighted by molar-refractivity contribution is 5.39. The Morgan fingerprint density at radius 2 is 2.05 bits per heavy atom. The zero-order chi connectivity index (χ0) is 14.7. The second-order valence-corrected chi connectivity index (χ2v) is 5.42. The molecule has 0 atom stereocenters. The van der Waals surface area contributed by atoms with Crippen LogP contribution in [-0.4, -0.2) is 15.3 Å². The van der Waals surface area contributed by atoms with Gasteiger partial charge in [-0.3, -0.25) is 5.10 Å². The molecule has 1 heterocycles. The fraction of sp³-hybridized carbons (Fsp3) is 0.438. The molecular formula is C16H22N2O2. The van der Waals surface area contributed by atoms with E-state index >= 15 is 0 Å². The fourth-order valence-electron chi connectivity index (χ4n) is 2.22. The summed E-state index contributed by atoms with van der Waals surface area (Å²) in [7, 11) is 0. The molecule has 0 saturated carbocycles. The third-order valence-electron chi connectivity index (χ3n) is 3.47. The first-order valence-corrected chi connectivity index (χ1v) is 6.89. The first-order valence-electron chi connectivity index (χ1n) is 6.89. The molecule has 2 rings (SSSR count). The van der Waals surface area contributed by atoms with Crippen LogP contribution in [-0.2, 0) is 13.2 Å². The molecule has 4 heteroatoms. The van der Waals surface area contributed by atoms with E-state index in [1.807, 2.05) is 13.0 Å². The van der Waals surface area contributed by atoms with Gasteiger partial charge in [-0.1, -0.05) is 26.0 Å². The maximum absolute atomic E-state index is 9.36. The van der Waals surface area contributed by atoms with Crippen molar-refractivity contribution in [2.24, 2.45) is 0 Å². The van der Waals surface area contributed by atoms with Crippen molar-refractivity contribution in [3.05, 3.63) is 46.3 Å². The molecular weight excluding hydrogens is 252 g/mol. The Labute approximate surface area is 119 Å². The largest absolute Gasteiger partial charge is 0.487 e. The molecule has 0 amide bonds. The third-order valence-corrected chi connectivity index (χ3v) is 3.47. The number of ether oxygens (including phenoxy) is 1. The molecule has 0 spiro atoms. The van der Waals surface area contributed by atoms with E-state index in [0.717, 1.165) is 22.7 Å². The van der Waals surface area contributed by atoms with Gasteiger partial charge in [-0.05, 0) is 37.0 Å². The van der Waals surface area contributed by atoms with Crippen LogP contribution in [0.4, 0.5) is 0 Å². The fourth-order valence-corrected chi connectivity index (χ4v) is 2.22. The van der Waals surface area contributed by atoms with Crippen molar-refractivity contribution >= 4 is 0 Å². The van der Waals surface area contributed by atoms with Crippen molar-refractivity contribution in [2.45, 2.75) is 46.8 Å². The summed E-state index contributed by atoms with van der Waals surface area (Å²) in [5.41, 5.74) is 4.84. The number of aromatic nitrogens is 2. The molecule has 0 aliphatic carbocycles. The van der Waals surface area contributed by atoms with Crippen LogP contribution in [0, 0.1) is 13.8 Å². The van der Waals surface area contributed by atoms with Gasteiger partial charge in [0, 0.05) is 11.3 Å². The Kier molecular flexibility index (Phi) is 4.45. The first kappa shape index (κ1) is 14.6. The van der Waals surface area contributed by atoms with E-state index in [4.69, 9.17) is 4.74 Å².